The molecule has 22 heavy (non-hydrogen) atoms. The summed E-state index contributed by atoms with van der Waals surface area (Å²) in [6.45, 7) is 11.5. The average molecular weight is 403 g/mol. The lowest BCUT2D eigenvalue weighted by Gasteiger charge is -2.24. The third kappa shape index (κ3) is 14.3. The van der Waals surface area contributed by atoms with Crippen LogP contribution in [0.5, 0.6) is 0 Å². The summed E-state index contributed by atoms with van der Waals surface area (Å²) in [4.78, 5) is 0. The van der Waals surface area contributed by atoms with Gasteiger partial charge in [-0.1, -0.05) is 13.0 Å². The third-order valence-corrected chi connectivity index (χ3v) is 16.1. The minimum absolute atomic E-state index is 0.276. The lowest BCUT2D eigenvalue weighted by Crippen LogP contribution is -2.33. The molecule has 0 aromatic heterocycles. The first-order valence-corrected chi connectivity index (χ1v) is 19.7. The maximum atomic E-state index is 10.9. The minimum Gasteiger partial charge on any atom is -0.461 e. The standard InChI is InChI=1S/C12H34O5SSi4/c1-18(13,14)15-9-7-11-22(5,6)17-20-10-8-12-21(3,4)16-19-2/h7-12,19-20H2,1-6H3. The highest BCUT2D eigenvalue weighted by Crippen LogP contribution is 2.17. The zero-order valence-electron chi connectivity index (χ0n) is 15.1. The topological polar surface area (TPSA) is 61.8 Å². The lowest BCUT2D eigenvalue weighted by atomic mass is 10.5. The van der Waals surface area contributed by atoms with Gasteiger partial charge in [0.2, 0.25) is 0 Å². The van der Waals surface area contributed by atoms with Crippen molar-refractivity contribution in [2.45, 2.75) is 63.7 Å². The van der Waals surface area contributed by atoms with Crippen LogP contribution < -0.4 is 0 Å². The lowest BCUT2D eigenvalue weighted by molar-refractivity contribution is 0.319. The molecule has 5 nitrogen and oxygen atoms in total. The monoisotopic (exact) mass is 402 g/mol. The Morgan fingerprint density at radius 3 is 2.05 bits per heavy atom. The third-order valence-electron chi connectivity index (χ3n) is 3.42. The summed E-state index contributed by atoms with van der Waals surface area (Å²) in [5.74, 6) is 0. The normalized spacial score (nSPS) is 14.6. The highest BCUT2D eigenvalue weighted by molar-refractivity contribution is 7.85. The van der Waals surface area contributed by atoms with Gasteiger partial charge in [0.25, 0.3) is 10.1 Å². The van der Waals surface area contributed by atoms with E-state index >= 15 is 0 Å². The summed E-state index contributed by atoms with van der Waals surface area (Å²) < 4.78 is 38.7. The quantitative estimate of drug-likeness (QED) is 0.267. The molecule has 0 aliphatic heterocycles. The second-order valence-electron chi connectivity index (χ2n) is 6.89. The molecule has 0 saturated heterocycles. The van der Waals surface area contributed by atoms with Gasteiger partial charge in [-0.3, -0.25) is 4.18 Å². The molecule has 10 heteroatoms. The van der Waals surface area contributed by atoms with Gasteiger partial charge >= 0.3 is 0 Å². The summed E-state index contributed by atoms with van der Waals surface area (Å²) in [5.41, 5.74) is 0. The smallest absolute Gasteiger partial charge is 0.264 e. The predicted molar refractivity (Wildman–Crippen MR) is 105 cm³/mol. The van der Waals surface area contributed by atoms with Crippen molar-refractivity contribution in [1.29, 1.82) is 0 Å². The summed E-state index contributed by atoms with van der Waals surface area (Å²) >= 11 is 0. The molecule has 0 unspecified atom stereocenters. The maximum Gasteiger partial charge on any atom is 0.264 e. The Morgan fingerprint density at radius 2 is 1.50 bits per heavy atom. The maximum absolute atomic E-state index is 10.9. The van der Waals surface area contributed by atoms with Gasteiger partial charge in [-0.2, -0.15) is 8.42 Å². The van der Waals surface area contributed by atoms with E-state index in [-0.39, 0.29) is 16.4 Å². The van der Waals surface area contributed by atoms with Crippen molar-refractivity contribution in [2.75, 3.05) is 12.9 Å². The van der Waals surface area contributed by atoms with E-state index < -0.39 is 36.5 Å². The highest BCUT2D eigenvalue weighted by Gasteiger charge is 2.23. The minimum atomic E-state index is -3.31. The second kappa shape index (κ2) is 10.5. The van der Waals surface area contributed by atoms with E-state index in [0.29, 0.717) is 0 Å². The number of hydrogen-bond acceptors (Lipinski definition) is 5. The van der Waals surface area contributed by atoms with Crippen molar-refractivity contribution in [3.05, 3.63) is 0 Å². The van der Waals surface area contributed by atoms with Crippen molar-refractivity contribution in [3.63, 3.8) is 0 Å². The predicted octanol–water partition coefficient (Wildman–Crippen LogP) is 1.82. The molecule has 0 aromatic carbocycles. The van der Waals surface area contributed by atoms with Gasteiger partial charge in [0.1, 0.15) is 19.5 Å². The number of hydrogen-bond donors (Lipinski definition) is 0. The Balaban J connectivity index is 3.76. The van der Waals surface area contributed by atoms with Gasteiger partial charge in [-0.05, 0) is 50.7 Å². The highest BCUT2D eigenvalue weighted by atomic mass is 32.2. The molecule has 0 amide bonds. The van der Waals surface area contributed by atoms with Gasteiger partial charge in [0, 0.05) is 0 Å². The first kappa shape index (κ1) is 22.7. The van der Waals surface area contributed by atoms with Gasteiger partial charge in [0.15, 0.2) is 16.6 Å². The van der Waals surface area contributed by atoms with Crippen molar-refractivity contribution < 1.29 is 20.8 Å². The molecular formula is C12H34O5SSi4. The Morgan fingerprint density at radius 1 is 0.955 bits per heavy atom. The van der Waals surface area contributed by atoms with Crippen LogP contribution >= 0.6 is 0 Å². The fraction of sp³-hybridized carbons (Fsp3) is 1.00. The van der Waals surface area contributed by atoms with Gasteiger partial charge < -0.3 is 8.23 Å². The van der Waals surface area contributed by atoms with Crippen LogP contribution in [0.2, 0.25) is 50.9 Å². The van der Waals surface area contributed by atoms with Crippen LogP contribution in [0.25, 0.3) is 0 Å². The SMILES string of the molecule is C[SiH2]O[Si](C)(C)CCC[SiH2]O[Si](C)(C)CCCOS(C)(=O)=O. The fourth-order valence-corrected chi connectivity index (χ4v) is 12.8. The van der Waals surface area contributed by atoms with E-state index in [9.17, 15) is 8.42 Å². The molecule has 0 saturated carbocycles. The van der Waals surface area contributed by atoms with Crippen LogP contribution in [0.4, 0.5) is 0 Å². The summed E-state index contributed by atoms with van der Waals surface area (Å²) in [5, 5.41) is 0. The molecule has 0 rings (SSSR count). The molecule has 0 aliphatic carbocycles. The molecule has 0 aromatic rings. The molecule has 0 heterocycles. The molecule has 0 spiro atoms. The Hall–Kier alpha value is 0.698. The molecule has 134 valence electrons. The first-order valence-electron chi connectivity index (χ1n) is 8.10. The molecule has 0 atom stereocenters. The van der Waals surface area contributed by atoms with E-state index in [1.165, 1.54) is 18.5 Å². The van der Waals surface area contributed by atoms with E-state index in [0.717, 1.165) is 18.7 Å². The summed E-state index contributed by atoms with van der Waals surface area (Å²) in [7, 11) is -7.06. The van der Waals surface area contributed by atoms with Crippen LogP contribution in [0.3, 0.4) is 0 Å². The Labute approximate surface area is 143 Å². The van der Waals surface area contributed by atoms with Crippen LogP contribution in [0.15, 0.2) is 0 Å². The number of rotatable bonds is 13. The van der Waals surface area contributed by atoms with Crippen molar-refractivity contribution >= 4 is 46.3 Å². The van der Waals surface area contributed by atoms with E-state index in [1.54, 1.807) is 0 Å². The molecule has 0 bridgehead atoms. The van der Waals surface area contributed by atoms with E-state index in [4.69, 9.17) is 12.4 Å². The molecule has 0 radical (unpaired) electrons. The van der Waals surface area contributed by atoms with E-state index in [2.05, 4.69) is 32.7 Å². The summed E-state index contributed by atoms with van der Waals surface area (Å²) in [6.07, 6.45) is 3.09. The largest absolute Gasteiger partial charge is 0.461 e. The van der Waals surface area contributed by atoms with Crippen molar-refractivity contribution in [2.24, 2.45) is 0 Å². The summed E-state index contributed by atoms with van der Waals surface area (Å²) in [6, 6.07) is 3.43. The van der Waals surface area contributed by atoms with Crippen LogP contribution in [0, 0.1) is 0 Å². The fourth-order valence-electron chi connectivity index (χ4n) is 2.24. The van der Waals surface area contributed by atoms with Gasteiger partial charge in [0.05, 0.1) is 12.9 Å². The Kier molecular flexibility index (Phi) is 10.9. The zero-order valence-corrected chi connectivity index (χ0v) is 20.8. The molecule has 0 fully saturated rings. The average Bonchev–Trinajstić information content (AvgIpc) is 2.33. The van der Waals surface area contributed by atoms with Crippen molar-refractivity contribution in [1.82, 2.24) is 0 Å². The first-order chi connectivity index (χ1) is 9.97. The van der Waals surface area contributed by atoms with Gasteiger partial charge in [-0.25, -0.2) is 0 Å². The Bertz CT molecular complexity index is 400. The van der Waals surface area contributed by atoms with Crippen LogP contribution in [0.1, 0.15) is 12.8 Å². The van der Waals surface area contributed by atoms with E-state index in [1.807, 2.05) is 0 Å². The molecule has 0 aliphatic rings. The van der Waals surface area contributed by atoms with Crippen LogP contribution in [-0.2, 0) is 22.5 Å². The van der Waals surface area contributed by atoms with Crippen LogP contribution in [-0.4, -0.2) is 57.4 Å². The second-order valence-corrected chi connectivity index (χ2v) is 20.6. The molecule has 0 N–H and O–H groups in total. The molecular weight excluding hydrogens is 369 g/mol. The van der Waals surface area contributed by atoms with Gasteiger partial charge in [-0.15, -0.1) is 0 Å². The zero-order chi connectivity index (χ0) is 17.3. The van der Waals surface area contributed by atoms with Crippen molar-refractivity contribution in [3.8, 4) is 0 Å².